The van der Waals surface area contributed by atoms with E-state index in [1.54, 1.807) is 31.5 Å². The quantitative estimate of drug-likeness (QED) is 0.634. The number of allylic oxidation sites excluding steroid dienone is 1. The standard InChI is InChI=1S/C19H14N4O3S2/c1-26-13-2-3-14-12(10-21-15(14)9-13)8-16-18(25)23(19(27)28-16)22-17(24)11-4-6-20-7-5-11/h2-10,25H,1H3,(H,22,24). The first-order valence-electron chi connectivity index (χ1n) is 8.17. The van der Waals surface area contributed by atoms with Gasteiger partial charge in [0.1, 0.15) is 5.75 Å². The van der Waals surface area contributed by atoms with E-state index in [0.29, 0.717) is 14.4 Å². The second-order valence-electron chi connectivity index (χ2n) is 5.81. The Morgan fingerprint density at radius 1 is 1.32 bits per heavy atom. The van der Waals surface area contributed by atoms with Crippen LogP contribution in [0.1, 0.15) is 20.8 Å². The molecule has 9 heteroatoms. The summed E-state index contributed by atoms with van der Waals surface area (Å²) in [4.78, 5) is 21.1. The fourth-order valence-electron chi connectivity index (χ4n) is 2.70. The number of aliphatic imine (C=N–C) groups is 1. The van der Waals surface area contributed by atoms with Crippen molar-refractivity contribution < 1.29 is 14.6 Å². The van der Waals surface area contributed by atoms with Crippen LogP contribution in [0.5, 0.6) is 11.6 Å². The summed E-state index contributed by atoms with van der Waals surface area (Å²) in [5, 5.41) is 10.6. The molecule has 2 N–H and O–H groups in total. The SMILES string of the molecule is COc1ccc2c(c1)N=CC2=Cc1sc(=S)n(NC(=O)c2ccncc2)c1O. The number of nitrogens with one attached hydrogen (secondary N) is 1. The van der Waals surface area contributed by atoms with E-state index in [1.165, 1.54) is 28.4 Å². The van der Waals surface area contributed by atoms with E-state index < -0.39 is 5.91 Å². The van der Waals surface area contributed by atoms with E-state index >= 15 is 0 Å². The van der Waals surface area contributed by atoms with Crippen LogP contribution in [-0.4, -0.2) is 34.0 Å². The molecule has 0 saturated carbocycles. The first-order chi connectivity index (χ1) is 13.6. The molecule has 0 saturated heterocycles. The molecule has 1 aromatic carbocycles. The van der Waals surface area contributed by atoms with Gasteiger partial charge in [0.05, 0.1) is 17.7 Å². The van der Waals surface area contributed by atoms with Crippen LogP contribution in [0.2, 0.25) is 0 Å². The summed E-state index contributed by atoms with van der Waals surface area (Å²) in [5.41, 5.74) is 5.56. The Bertz CT molecular complexity index is 1180. The van der Waals surface area contributed by atoms with Gasteiger partial charge in [0.15, 0.2) is 3.95 Å². The molecular formula is C19H14N4O3S2. The zero-order valence-corrected chi connectivity index (χ0v) is 16.3. The highest BCUT2D eigenvalue weighted by atomic mass is 32.1. The van der Waals surface area contributed by atoms with Crippen LogP contribution in [0.3, 0.4) is 0 Å². The minimum absolute atomic E-state index is 0.139. The number of hydrogen-bond acceptors (Lipinski definition) is 7. The van der Waals surface area contributed by atoms with Crippen LogP contribution in [0, 0.1) is 3.95 Å². The van der Waals surface area contributed by atoms with Gasteiger partial charge in [-0.25, -0.2) is 0 Å². The molecule has 4 rings (SSSR count). The number of amides is 1. The van der Waals surface area contributed by atoms with E-state index in [-0.39, 0.29) is 5.88 Å². The highest BCUT2D eigenvalue weighted by Gasteiger charge is 2.17. The second-order valence-corrected chi connectivity index (χ2v) is 7.48. The Hall–Kier alpha value is -3.30. The van der Waals surface area contributed by atoms with Crippen LogP contribution < -0.4 is 10.2 Å². The lowest BCUT2D eigenvalue weighted by Crippen LogP contribution is -2.22. The summed E-state index contributed by atoms with van der Waals surface area (Å²) in [5.74, 6) is 0.187. The number of carbonyl (C=O) groups is 1. The fraction of sp³-hybridized carbons (Fsp3) is 0.0526. The smallest absolute Gasteiger partial charge is 0.270 e. The number of methoxy groups -OCH3 is 1. The molecule has 0 aliphatic carbocycles. The average Bonchev–Trinajstić information content (AvgIpc) is 3.24. The molecule has 140 valence electrons. The predicted octanol–water partition coefficient (Wildman–Crippen LogP) is 4.03. The van der Waals surface area contributed by atoms with E-state index in [0.717, 1.165) is 22.6 Å². The number of carbonyl (C=O) groups excluding carboxylic acids is 1. The van der Waals surface area contributed by atoms with E-state index in [9.17, 15) is 9.90 Å². The third-order valence-corrected chi connectivity index (χ3v) is 5.42. The number of rotatable bonds is 4. The molecule has 7 nitrogen and oxygen atoms in total. The summed E-state index contributed by atoms with van der Waals surface area (Å²) in [7, 11) is 1.60. The molecule has 0 spiro atoms. The Morgan fingerprint density at radius 3 is 2.86 bits per heavy atom. The average molecular weight is 410 g/mol. The van der Waals surface area contributed by atoms with E-state index in [1.807, 2.05) is 18.2 Å². The molecule has 0 unspecified atom stereocenters. The number of thiazole rings is 1. The van der Waals surface area contributed by atoms with Crippen molar-refractivity contribution in [2.45, 2.75) is 0 Å². The molecule has 3 aromatic rings. The Kier molecular flexibility index (Phi) is 4.76. The number of benzene rings is 1. The lowest BCUT2D eigenvalue weighted by Gasteiger charge is -2.07. The van der Waals surface area contributed by atoms with Crippen molar-refractivity contribution in [3.05, 3.63) is 62.7 Å². The Balaban J connectivity index is 1.64. The second kappa shape index (κ2) is 7.37. The topological polar surface area (TPSA) is 88.7 Å². The maximum absolute atomic E-state index is 12.3. The number of fused-ring (bicyclic) bond motifs is 1. The van der Waals surface area contributed by atoms with Gasteiger partial charge >= 0.3 is 0 Å². The normalized spacial score (nSPS) is 13.5. The number of pyridine rings is 1. The minimum Gasteiger partial charge on any atom is -0.497 e. The molecule has 1 amide bonds. The molecule has 3 heterocycles. The molecule has 28 heavy (non-hydrogen) atoms. The monoisotopic (exact) mass is 410 g/mol. The van der Waals surface area contributed by atoms with Gasteiger partial charge in [0, 0.05) is 41.4 Å². The molecule has 2 aromatic heterocycles. The first kappa shape index (κ1) is 18.1. The van der Waals surface area contributed by atoms with Crippen molar-refractivity contribution in [1.82, 2.24) is 9.66 Å². The lowest BCUT2D eigenvalue weighted by atomic mass is 10.1. The summed E-state index contributed by atoms with van der Waals surface area (Å²) in [6.07, 6.45) is 6.53. The van der Waals surface area contributed by atoms with Gasteiger partial charge in [0.25, 0.3) is 5.91 Å². The van der Waals surface area contributed by atoms with Crippen LogP contribution in [0.15, 0.2) is 47.7 Å². The van der Waals surface area contributed by atoms with Gasteiger partial charge in [-0.2, -0.15) is 4.68 Å². The fourth-order valence-corrected chi connectivity index (χ4v) is 3.88. The summed E-state index contributed by atoms with van der Waals surface area (Å²) >= 11 is 6.48. The van der Waals surface area contributed by atoms with Crippen LogP contribution in [0.4, 0.5) is 5.69 Å². The third-order valence-electron chi connectivity index (χ3n) is 4.11. The summed E-state index contributed by atoms with van der Waals surface area (Å²) in [6, 6.07) is 8.75. The van der Waals surface area contributed by atoms with Crippen molar-refractivity contribution in [1.29, 1.82) is 0 Å². The van der Waals surface area contributed by atoms with Crippen molar-refractivity contribution in [2.24, 2.45) is 4.99 Å². The first-order valence-corrected chi connectivity index (χ1v) is 9.39. The maximum Gasteiger partial charge on any atom is 0.270 e. The lowest BCUT2D eigenvalue weighted by molar-refractivity contribution is 0.101. The van der Waals surface area contributed by atoms with Crippen molar-refractivity contribution in [3.8, 4) is 11.6 Å². The van der Waals surface area contributed by atoms with Gasteiger partial charge in [-0.3, -0.25) is 20.2 Å². The molecule has 1 aliphatic rings. The van der Waals surface area contributed by atoms with Crippen LogP contribution in [-0.2, 0) is 0 Å². The summed E-state index contributed by atoms with van der Waals surface area (Å²) < 4.78 is 6.72. The van der Waals surface area contributed by atoms with Crippen LogP contribution in [0.25, 0.3) is 11.6 Å². The highest BCUT2D eigenvalue weighted by Crippen LogP contribution is 2.37. The van der Waals surface area contributed by atoms with Crippen molar-refractivity contribution in [3.63, 3.8) is 0 Å². The number of hydrogen-bond donors (Lipinski definition) is 2. The van der Waals surface area contributed by atoms with E-state index in [2.05, 4.69) is 15.4 Å². The summed E-state index contributed by atoms with van der Waals surface area (Å²) in [6.45, 7) is 0. The van der Waals surface area contributed by atoms with Gasteiger partial charge in [-0.15, -0.1) is 0 Å². The third kappa shape index (κ3) is 3.32. The largest absolute Gasteiger partial charge is 0.497 e. The van der Waals surface area contributed by atoms with Crippen molar-refractivity contribution in [2.75, 3.05) is 12.5 Å². The molecule has 0 fully saturated rings. The van der Waals surface area contributed by atoms with Gasteiger partial charge in [-0.1, -0.05) is 11.3 Å². The van der Waals surface area contributed by atoms with E-state index in [4.69, 9.17) is 17.0 Å². The molecule has 0 radical (unpaired) electrons. The number of aromatic nitrogens is 2. The highest BCUT2D eigenvalue weighted by molar-refractivity contribution is 7.73. The van der Waals surface area contributed by atoms with Gasteiger partial charge in [-0.05, 0) is 42.6 Å². The Morgan fingerprint density at radius 2 is 2.11 bits per heavy atom. The van der Waals surface area contributed by atoms with Crippen molar-refractivity contribution >= 4 is 53.0 Å². The molecule has 0 bridgehead atoms. The zero-order chi connectivity index (χ0) is 19.7. The van der Waals surface area contributed by atoms with Crippen LogP contribution >= 0.6 is 23.6 Å². The minimum atomic E-state index is -0.398. The number of ether oxygens (including phenoxy) is 1. The molecular weight excluding hydrogens is 396 g/mol. The molecule has 0 atom stereocenters. The number of nitrogens with zero attached hydrogens (tertiary/aromatic N) is 3. The number of aromatic hydroxyl groups is 1. The Labute approximate surface area is 169 Å². The zero-order valence-electron chi connectivity index (χ0n) is 14.6. The molecule has 1 aliphatic heterocycles. The maximum atomic E-state index is 12.3. The van der Waals surface area contributed by atoms with Gasteiger partial charge < -0.3 is 9.84 Å². The predicted molar refractivity (Wildman–Crippen MR) is 112 cm³/mol. The van der Waals surface area contributed by atoms with Gasteiger partial charge in [0.2, 0.25) is 5.88 Å².